The van der Waals surface area contributed by atoms with Crippen LogP contribution in [0.3, 0.4) is 0 Å². The molecule has 4 rings (SSSR count). The summed E-state index contributed by atoms with van der Waals surface area (Å²) in [6.45, 7) is 0.528. The Balaban J connectivity index is 1.57. The van der Waals surface area contributed by atoms with Crippen LogP contribution in [0.4, 0.5) is 14.9 Å². The van der Waals surface area contributed by atoms with Crippen molar-refractivity contribution in [2.75, 3.05) is 25.5 Å². The Bertz CT molecular complexity index is 1040. The first-order valence-electron chi connectivity index (χ1n) is 8.92. The summed E-state index contributed by atoms with van der Waals surface area (Å²) in [6, 6.07) is 3.55. The largest absolute Gasteiger partial charge is 0.390 e. The molecule has 2 N–H and O–H groups in total. The van der Waals surface area contributed by atoms with Gasteiger partial charge in [0.25, 0.3) is 5.91 Å². The van der Waals surface area contributed by atoms with E-state index in [-0.39, 0.29) is 36.7 Å². The van der Waals surface area contributed by atoms with Crippen LogP contribution in [0.5, 0.6) is 0 Å². The lowest BCUT2D eigenvalue weighted by Gasteiger charge is -2.27. The number of carbonyl (C=O) groups is 2. The second kappa shape index (κ2) is 7.45. The lowest BCUT2D eigenvalue weighted by Crippen LogP contribution is -2.39. The van der Waals surface area contributed by atoms with Crippen molar-refractivity contribution in [2.24, 2.45) is 5.10 Å². The van der Waals surface area contributed by atoms with E-state index < -0.39 is 5.82 Å². The number of amides is 3. The molecule has 3 heterocycles. The third-order valence-corrected chi connectivity index (χ3v) is 5.15. The fraction of sp³-hybridized carbons (Fsp3) is 0.333. The smallest absolute Gasteiger partial charge is 0.322 e. The second-order valence-electron chi connectivity index (χ2n) is 6.82. The summed E-state index contributed by atoms with van der Waals surface area (Å²) >= 11 is 5.76. The molecule has 0 aliphatic carbocycles. The van der Waals surface area contributed by atoms with E-state index in [2.05, 4.69) is 15.5 Å². The number of aromatic nitrogens is 2. The maximum absolute atomic E-state index is 13.3. The average molecular weight is 421 g/mol. The van der Waals surface area contributed by atoms with Gasteiger partial charge in [0.05, 0.1) is 36.1 Å². The highest BCUT2D eigenvalue weighted by Crippen LogP contribution is 2.26. The van der Waals surface area contributed by atoms with Crippen LogP contribution in [-0.4, -0.2) is 62.6 Å². The number of anilines is 1. The summed E-state index contributed by atoms with van der Waals surface area (Å²) in [5, 5.41) is 21.8. The van der Waals surface area contributed by atoms with E-state index in [0.717, 1.165) is 5.69 Å². The fourth-order valence-electron chi connectivity index (χ4n) is 3.43. The minimum Gasteiger partial charge on any atom is -0.390 e. The van der Waals surface area contributed by atoms with Gasteiger partial charge in [0, 0.05) is 31.3 Å². The van der Waals surface area contributed by atoms with Gasteiger partial charge >= 0.3 is 6.03 Å². The fourth-order valence-corrected chi connectivity index (χ4v) is 3.61. The van der Waals surface area contributed by atoms with Gasteiger partial charge in [-0.3, -0.25) is 9.48 Å². The normalized spacial score (nSPS) is 16.1. The minimum atomic E-state index is -0.568. The first kappa shape index (κ1) is 19.3. The number of aliphatic hydroxyl groups is 1. The molecular weight excluding hydrogens is 403 g/mol. The van der Waals surface area contributed by atoms with Gasteiger partial charge in [-0.25, -0.2) is 14.2 Å². The summed E-state index contributed by atoms with van der Waals surface area (Å²) in [4.78, 5) is 27.0. The third kappa shape index (κ3) is 3.56. The SMILES string of the molecule is CN1N=C(CO)Cn2nc3c(c2C1=O)CN(C(=O)Nc1ccc(F)c(Cl)c1)CC3. The predicted octanol–water partition coefficient (Wildman–Crippen LogP) is 1.70. The molecular formula is C18H18ClFN6O3. The Morgan fingerprint density at radius 1 is 1.38 bits per heavy atom. The summed E-state index contributed by atoms with van der Waals surface area (Å²) < 4.78 is 14.8. The molecule has 0 fully saturated rings. The molecule has 0 atom stereocenters. The van der Waals surface area contributed by atoms with Crippen molar-refractivity contribution in [1.29, 1.82) is 0 Å². The number of fused-ring (bicyclic) bond motifs is 3. The van der Waals surface area contributed by atoms with Gasteiger partial charge in [-0.1, -0.05) is 11.6 Å². The molecule has 0 radical (unpaired) electrons. The quantitative estimate of drug-likeness (QED) is 0.771. The number of halogens is 2. The number of hydrazone groups is 1. The zero-order chi connectivity index (χ0) is 20.7. The molecule has 1 aromatic carbocycles. The van der Waals surface area contributed by atoms with Crippen LogP contribution >= 0.6 is 11.6 Å². The molecule has 9 nitrogen and oxygen atoms in total. The van der Waals surface area contributed by atoms with Gasteiger partial charge in [0.15, 0.2) is 0 Å². The van der Waals surface area contributed by atoms with Gasteiger partial charge in [0.1, 0.15) is 11.5 Å². The minimum absolute atomic E-state index is 0.0843. The lowest BCUT2D eigenvalue weighted by atomic mass is 10.1. The Hall–Kier alpha value is -2.98. The number of nitrogens with one attached hydrogen (secondary N) is 1. The topological polar surface area (TPSA) is 103 Å². The summed E-state index contributed by atoms with van der Waals surface area (Å²) in [6.07, 6.45) is 0.482. The van der Waals surface area contributed by atoms with E-state index in [1.165, 1.54) is 34.9 Å². The molecule has 0 bridgehead atoms. The summed E-state index contributed by atoms with van der Waals surface area (Å²) in [7, 11) is 1.51. The Morgan fingerprint density at radius 3 is 2.90 bits per heavy atom. The molecule has 0 unspecified atom stereocenters. The van der Waals surface area contributed by atoms with Gasteiger partial charge in [0.2, 0.25) is 0 Å². The van der Waals surface area contributed by atoms with Crippen LogP contribution in [-0.2, 0) is 19.5 Å². The molecule has 2 aliphatic heterocycles. The second-order valence-corrected chi connectivity index (χ2v) is 7.22. The maximum Gasteiger partial charge on any atom is 0.322 e. The van der Waals surface area contributed by atoms with Gasteiger partial charge in [-0.05, 0) is 18.2 Å². The Labute approximate surface area is 170 Å². The molecule has 152 valence electrons. The van der Waals surface area contributed by atoms with Crippen LogP contribution in [0.1, 0.15) is 21.7 Å². The van der Waals surface area contributed by atoms with Crippen molar-refractivity contribution in [3.63, 3.8) is 0 Å². The van der Waals surface area contributed by atoms with Crippen molar-refractivity contribution < 1.29 is 19.1 Å². The molecule has 2 aromatic rings. The zero-order valence-corrected chi connectivity index (χ0v) is 16.3. The van der Waals surface area contributed by atoms with Gasteiger partial charge < -0.3 is 15.3 Å². The lowest BCUT2D eigenvalue weighted by molar-refractivity contribution is 0.0790. The third-order valence-electron chi connectivity index (χ3n) is 4.86. The number of carbonyl (C=O) groups excluding carboxylic acids is 2. The van der Waals surface area contributed by atoms with E-state index in [0.29, 0.717) is 35.6 Å². The number of aliphatic hydroxyl groups excluding tert-OH is 1. The molecule has 29 heavy (non-hydrogen) atoms. The van der Waals surface area contributed by atoms with Crippen LogP contribution in [0.15, 0.2) is 23.3 Å². The maximum atomic E-state index is 13.3. The van der Waals surface area contributed by atoms with Crippen molar-refractivity contribution in [1.82, 2.24) is 19.7 Å². The standard InChI is InChI=1S/C18H18ClFN6O3/c1-24-17(28)16-12-8-25(18(29)21-10-2-3-14(20)13(19)6-10)5-4-15(12)23-26(16)7-11(9-27)22-24/h2-3,6,27H,4-5,7-9H2,1H3,(H,21,29). The predicted molar refractivity (Wildman–Crippen MR) is 103 cm³/mol. The van der Waals surface area contributed by atoms with Crippen molar-refractivity contribution in [2.45, 2.75) is 19.5 Å². The van der Waals surface area contributed by atoms with Gasteiger partial charge in [-0.15, -0.1) is 0 Å². The van der Waals surface area contributed by atoms with E-state index >= 15 is 0 Å². The molecule has 1 aromatic heterocycles. The first-order valence-corrected chi connectivity index (χ1v) is 9.30. The van der Waals surface area contributed by atoms with Crippen LogP contribution in [0, 0.1) is 5.82 Å². The van der Waals surface area contributed by atoms with Crippen molar-refractivity contribution in [3.8, 4) is 0 Å². The van der Waals surface area contributed by atoms with Crippen molar-refractivity contribution in [3.05, 3.63) is 46.0 Å². The molecule has 0 saturated heterocycles. The van der Waals surface area contributed by atoms with E-state index in [4.69, 9.17) is 11.6 Å². The Kier molecular flexibility index (Phi) is 4.97. The summed E-state index contributed by atoms with van der Waals surface area (Å²) in [5.74, 6) is -0.920. The van der Waals surface area contributed by atoms with E-state index in [9.17, 15) is 19.1 Å². The number of hydrogen-bond donors (Lipinski definition) is 2. The molecule has 0 saturated carbocycles. The van der Waals surface area contributed by atoms with Crippen molar-refractivity contribution >= 4 is 34.9 Å². The average Bonchev–Trinajstić information content (AvgIpc) is 3.00. The van der Waals surface area contributed by atoms with Gasteiger partial charge in [-0.2, -0.15) is 10.2 Å². The first-order chi connectivity index (χ1) is 13.9. The van der Waals surface area contributed by atoms with E-state index in [1.54, 1.807) is 4.90 Å². The summed E-state index contributed by atoms with van der Waals surface area (Å²) in [5.41, 5.74) is 2.56. The number of urea groups is 1. The number of nitrogens with zero attached hydrogens (tertiary/aromatic N) is 5. The molecule has 11 heteroatoms. The molecule has 0 spiro atoms. The molecule has 3 amide bonds. The number of rotatable bonds is 2. The monoisotopic (exact) mass is 420 g/mol. The zero-order valence-electron chi connectivity index (χ0n) is 15.5. The number of benzene rings is 1. The Morgan fingerprint density at radius 2 is 2.17 bits per heavy atom. The van der Waals surface area contributed by atoms with E-state index in [1.807, 2.05) is 0 Å². The van der Waals surface area contributed by atoms with Crippen LogP contribution in [0.25, 0.3) is 0 Å². The van der Waals surface area contributed by atoms with Crippen LogP contribution < -0.4 is 5.32 Å². The van der Waals surface area contributed by atoms with Crippen LogP contribution in [0.2, 0.25) is 5.02 Å². The highest BCUT2D eigenvalue weighted by Gasteiger charge is 2.33. The molecule has 2 aliphatic rings. The highest BCUT2D eigenvalue weighted by molar-refractivity contribution is 6.31. The number of hydrogen-bond acceptors (Lipinski definition) is 5. The highest BCUT2D eigenvalue weighted by atomic mass is 35.5.